The van der Waals surface area contributed by atoms with Crippen LogP contribution in [0.3, 0.4) is 0 Å². The third-order valence-corrected chi connectivity index (χ3v) is 5.40. The van der Waals surface area contributed by atoms with Gasteiger partial charge in [0.05, 0.1) is 0 Å². The Labute approximate surface area is 121 Å². The Bertz CT molecular complexity index is 566. The second kappa shape index (κ2) is 6.08. The highest BCUT2D eigenvalue weighted by Gasteiger charge is 2.24. The standard InChI is InChI=1S/C14H23N3O2S/c1-4-15-13-9-12(11-7-5-6-8-11)16-14(17-13)10(2)20(3,18)19/h9-11H,4-8H2,1-3H3,(H,15,16,17). The topological polar surface area (TPSA) is 72.0 Å². The van der Waals surface area contributed by atoms with Crippen molar-refractivity contribution in [3.63, 3.8) is 0 Å². The zero-order valence-corrected chi connectivity index (χ0v) is 13.2. The first kappa shape index (κ1) is 15.2. The van der Waals surface area contributed by atoms with Crippen LogP contribution >= 0.6 is 0 Å². The van der Waals surface area contributed by atoms with E-state index in [2.05, 4.69) is 15.3 Å². The second-order valence-electron chi connectivity index (χ2n) is 5.52. The maximum absolute atomic E-state index is 11.7. The summed E-state index contributed by atoms with van der Waals surface area (Å²) < 4.78 is 23.5. The van der Waals surface area contributed by atoms with Crippen molar-refractivity contribution in [3.8, 4) is 0 Å². The molecule has 1 unspecified atom stereocenters. The summed E-state index contributed by atoms with van der Waals surface area (Å²) in [4.78, 5) is 8.89. The number of rotatable bonds is 5. The Morgan fingerprint density at radius 1 is 1.35 bits per heavy atom. The van der Waals surface area contributed by atoms with Crippen molar-refractivity contribution in [3.05, 3.63) is 17.6 Å². The average Bonchev–Trinajstić information content (AvgIpc) is 2.90. The smallest absolute Gasteiger partial charge is 0.157 e. The van der Waals surface area contributed by atoms with E-state index >= 15 is 0 Å². The maximum atomic E-state index is 11.7. The van der Waals surface area contributed by atoms with Crippen LogP contribution < -0.4 is 5.32 Å². The normalized spacial score (nSPS) is 18.1. The molecule has 5 nitrogen and oxygen atoms in total. The van der Waals surface area contributed by atoms with E-state index in [1.165, 1.54) is 19.1 Å². The van der Waals surface area contributed by atoms with Gasteiger partial charge in [-0.2, -0.15) is 0 Å². The quantitative estimate of drug-likeness (QED) is 0.904. The van der Waals surface area contributed by atoms with Crippen LogP contribution in [0.25, 0.3) is 0 Å². The fraction of sp³-hybridized carbons (Fsp3) is 0.714. The van der Waals surface area contributed by atoms with Gasteiger partial charge in [0.25, 0.3) is 0 Å². The van der Waals surface area contributed by atoms with Crippen LogP contribution in [0.4, 0.5) is 5.82 Å². The molecule has 1 N–H and O–H groups in total. The summed E-state index contributed by atoms with van der Waals surface area (Å²) in [7, 11) is -3.18. The number of hydrogen-bond acceptors (Lipinski definition) is 5. The molecule has 0 aliphatic heterocycles. The third kappa shape index (κ3) is 3.48. The van der Waals surface area contributed by atoms with Gasteiger partial charge in [-0.15, -0.1) is 0 Å². The second-order valence-corrected chi connectivity index (χ2v) is 7.89. The van der Waals surface area contributed by atoms with Gasteiger partial charge in [0.15, 0.2) is 9.84 Å². The number of hydrogen-bond donors (Lipinski definition) is 1. The summed E-state index contributed by atoms with van der Waals surface area (Å²) in [5.41, 5.74) is 0.985. The summed E-state index contributed by atoms with van der Waals surface area (Å²) in [6.07, 6.45) is 5.95. The summed E-state index contributed by atoms with van der Waals surface area (Å²) in [5.74, 6) is 1.59. The van der Waals surface area contributed by atoms with Gasteiger partial charge in [0.1, 0.15) is 16.9 Å². The van der Waals surface area contributed by atoms with Crippen molar-refractivity contribution >= 4 is 15.7 Å². The van der Waals surface area contributed by atoms with Crippen LogP contribution in [0.2, 0.25) is 0 Å². The van der Waals surface area contributed by atoms with Gasteiger partial charge >= 0.3 is 0 Å². The van der Waals surface area contributed by atoms with E-state index in [1.807, 2.05) is 13.0 Å². The molecule has 0 radical (unpaired) electrons. The Kier molecular flexibility index (Phi) is 4.62. The van der Waals surface area contributed by atoms with Crippen molar-refractivity contribution < 1.29 is 8.42 Å². The Hall–Kier alpha value is -1.17. The number of nitrogens with zero attached hydrogens (tertiary/aromatic N) is 2. The molecule has 1 aliphatic carbocycles. The van der Waals surface area contributed by atoms with Gasteiger partial charge in [-0.3, -0.25) is 0 Å². The predicted molar refractivity (Wildman–Crippen MR) is 80.7 cm³/mol. The lowest BCUT2D eigenvalue weighted by atomic mass is 10.0. The van der Waals surface area contributed by atoms with E-state index in [0.717, 1.165) is 30.9 Å². The van der Waals surface area contributed by atoms with Crippen LogP contribution in [0.15, 0.2) is 6.07 Å². The Morgan fingerprint density at radius 3 is 2.55 bits per heavy atom. The van der Waals surface area contributed by atoms with Crippen LogP contribution in [0, 0.1) is 0 Å². The molecule has 0 bridgehead atoms. The fourth-order valence-corrected chi connectivity index (χ4v) is 3.05. The summed E-state index contributed by atoms with van der Waals surface area (Å²) in [6, 6.07) is 1.97. The van der Waals surface area contributed by atoms with Crippen molar-refractivity contribution in [1.82, 2.24) is 9.97 Å². The van der Waals surface area contributed by atoms with Gasteiger partial charge < -0.3 is 5.32 Å². The maximum Gasteiger partial charge on any atom is 0.157 e. The van der Waals surface area contributed by atoms with Gasteiger partial charge in [0, 0.05) is 30.5 Å². The number of anilines is 1. The molecular weight excluding hydrogens is 274 g/mol. The zero-order valence-electron chi connectivity index (χ0n) is 12.4. The van der Waals surface area contributed by atoms with Crippen LogP contribution in [0.5, 0.6) is 0 Å². The first-order valence-corrected chi connectivity index (χ1v) is 9.19. The minimum absolute atomic E-state index is 0.410. The molecule has 1 heterocycles. The average molecular weight is 297 g/mol. The molecule has 1 saturated carbocycles. The highest BCUT2D eigenvalue weighted by Crippen LogP contribution is 2.34. The van der Waals surface area contributed by atoms with Crippen molar-refractivity contribution in [2.75, 3.05) is 18.1 Å². The van der Waals surface area contributed by atoms with E-state index in [4.69, 9.17) is 0 Å². The fourth-order valence-electron chi connectivity index (χ4n) is 2.56. The highest BCUT2D eigenvalue weighted by molar-refractivity contribution is 7.90. The minimum atomic E-state index is -3.18. The largest absolute Gasteiger partial charge is 0.370 e. The minimum Gasteiger partial charge on any atom is -0.370 e. The molecule has 1 aromatic heterocycles. The molecule has 6 heteroatoms. The molecule has 0 aromatic carbocycles. The zero-order chi connectivity index (χ0) is 14.8. The SMILES string of the molecule is CCNc1cc(C2CCCC2)nc(C(C)S(C)(=O)=O)n1. The van der Waals surface area contributed by atoms with Gasteiger partial charge in [0.2, 0.25) is 0 Å². The Balaban J connectivity index is 2.40. The summed E-state index contributed by atoms with van der Waals surface area (Å²) in [6.45, 7) is 4.41. The molecule has 0 saturated heterocycles. The van der Waals surface area contributed by atoms with E-state index < -0.39 is 15.1 Å². The van der Waals surface area contributed by atoms with Crippen LogP contribution in [-0.2, 0) is 9.84 Å². The van der Waals surface area contributed by atoms with E-state index in [1.54, 1.807) is 6.92 Å². The molecule has 20 heavy (non-hydrogen) atoms. The molecule has 1 aromatic rings. The molecule has 0 spiro atoms. The van der Waals surface area contributed by atoms with E-state index in [0.29, 0.717) is 11.7 Å². The summed E-state index contributed by atoms with van der Waals surface area (Å²) >= 11 is 0. The van der Waals surface area contributed by atoms with Gasteiger partial charge in [-0.25, -0.2) is 18.4 Å². The lowest BCUT2D eigenvalue weighted by Gasteiger charge is -2.15. The lowest BCUT2D eigenvalue weighted by molar-refractivity contribution is 0.587. The van der Waals surface area contributed by atoms with Gasteiger partial charge in [-0.1, -0.05) is 12.8 Å². The molecule has 112 valence electrons. The molecule has 1 fully saturated rings. The van der Waals surface area contributed by atoms with Crippen molar-refractivity contribution in [2.45, 2.75) is 50.7 Å². The molecule has 1 aliphatic rings. The molecule has 2 rings (SSSR count). The Morgan fingerprint density at radius 2 is 2.00 bits per heavy atom. The number of sulfone groups is 1. The monoisotopic (exact) mass is 297 g/mol. The predicted octanol–water partition coefficient (Wildman–Crippen LogP) is 2.67. The molecular formula is C14H23N3O2S. The highest BCUT2D eigenvalue weighted by atomic mass is 32.2. The van der Waals surface area contributed by atoms with E-state index in [9.17, 15) is 8.42 Å². The third-order valence-electron chi connectivity index (χ3n) is 3.90. The molecule has 1 atom stereocenters. The van der Waals surface area contributed by atoms with Crippen molar-refractivity contribution in [2.24, 2.45) is 0 Å². The molecule has 0 amide bonds. The van der Waals surface area contributed by atoms with Crippen LogP contribution in [-0.4, -0.2) is 31.2 Å². The first-order valence-electron chi connectivity index (χ1n) is 7.23. The number of aromatic nitrogens is 2. The summed E-state index contributed by atoms with van der Waals surface area (Å²) in [5, 5.41) is 2.51. The number of nitrogens with one attached hydrogen (secondary N) is 1. The van der Waals surface area contributed by atoms with Gasteiger partial charge in [-0.05, 0) is 26.7 Å². The van der Waals surface area contributed by atoms with Crippen LogP contribution in [0.1, 0.15) is 62.2 Å². The van der Waals surface area contributed by atoms with Crippen molar-refractivity contribution in [1.29, 1.82) is 0 Å². The lowest BCUT2D eigenvalue weighted by Crippen LogP contribution is -2.15. The first-order chi connectivity index (χ1) is 9.41. The van der Waals surface area contributed by atoms with E-state index in [-0.39, 0.29) is 0 Å².